The highest BCUT2D eigenvalue weighted by molar-refractivity contribution is 7.85. The summed E-state index contributed by atoms with van der Waals surface area (Å²) in [6, 6.07) is 17.6. The number of nitrogens with one attached hydrogen (secondary N) is 1. The fourth-order valence-electron chi connectivity index (χ4n) is 2.55. The summed E-state index contributed by atoms with van der Waals surface area (Å²) in [7, 11) is -3.67. The van der Waals surface area contributed by atoms with Crippen LogP contribution in [0.1, 0.15) is 21.6 Å². The predicted molar refractivity (Wildman–Crippen MR) is 119 cm³/mol. The van der Waals surface area contributed by atoms with Gasteiger partial charge in [0.15, 0.2) is 0 Å². The first-order valence-corrected chi connectivity index (χ1v) is 11.4. The number of nitrogens with zero attached hydrogens (tertiary/aromatic N) is 1. The lowest BCUT2D eigenvalue weighted by atomic mass is 10.1. The van der Waals surface area contributed by atoms with Gasteiger partial charge in [0.2, 0.25) is 0 Å². The molecule has 10 heteroatoms. The van der Waals surface area contributed by atoms with Gasteiger partial charge in [-0.15, -0.1) is 0 Å². The van der Waals surface area contributed by atoms with Gasteiger partial charge in [0, 0.05) is 6.54 Å². The molecule has 0 fully saturated rings. The lowest BCUT2D eigenvalue weighted by Gasteiger charge is -2.08. The third kappa shape index (κ3) is 9.65. The van der Waals surface area contributed by atoms with Gasteiger partial charge in [0.05, 0.1) is 12.5 Å². The molecule has 1 amide bonds. The van der Waals surface area contributed by atoms with Gasteiger partial charge in [-0.05, 0) is 54.4 Å². The molecule has 0 bridgehead atoms. The van der Waals surface area contributed by atoms with Gasteiger partial charge in [-0.1, -0.05) is 30.3 Å². The van der Waals surface area contributed by atoms with Crippen molar-refractivity contribution in [3.63, 3.8) is 0 Å². The fourth-order valence-corrected chi connectivity index (χ4v) is 2.55. The number of primary amides is 1. The fraction of sp³-hybridized carbons (Fsp3) is 0.182. The largest absolute Gasteiger partial charge is 0.456 e. The molecular formula is C22H24FN3O5S. The van der Waals surface area contributed by atoms with Crippen LogP contribution in [0.5, 0.6) is 11.5 Å². The Balaban J connectivity index is 0.000000654. The number of amides is 1. The van der Waals surface area contributed by atoms with E-state index in [1.807, 2.05) is 30.3 Å². The molecule has 8 nitrogen and oxygen atoms in total. The highest BCUT2D eigenvalue weighted by Gasteiger charge is 2.04. The molecule has 2 aromatic carbocycles. The van der Waals surface area contributed by atoms with Gasteiger partial charge >= 0.3 is 0 Å². The molecule has 0 unspecified atom stereocenters. The van der Waals surface area contributed by atoms with Crippen molar-refractivity contribution in [1.82, 2.24) is 10.3 Å². The third-order valence-electron chi connectivity index (χ3n) is 4.01. The number of carbonyl (C=O) groups excluding carboxylic acids is 1. The topological polar surface area (TPSA) is 132 Å². The zero-order valence-corrected chi connectivity index (χ0v) is 18.2. The molecule has 4 N–H and O–H groups in total. The molecule has 0 aliphatic rings. The molecule has 0 radical (unpaired) electrons. The molecule has 3 aromatic rings. The van der Waals surface area contributed by atoms with Crippen LogP contribution in [0.4, 0.5) is 4.39 Å². The van der Waals surface area contributed by atoms with Gasteiger partial charge in [0.1, 0.15) is 23.0 Å². The first-order valence-electron chi connectivity index (χ1n) is 9.51. The summed E-state index contributed by atoms with van der Waals surface area (Å²) in [6.07, 6.45) is 2.81. The van der Waals surface area contributed by atoms with Crippen molar-refractivity contribution in [1.29, 1.82) is 0 Å². The van der Waals surface area contributed by atoms with Crippen LogP contribution in [0, 0.1) is 5.82 Å². The van der Waals surface area contributed by atoms with Crippen molar-refractivity contribution < 1.29 is 26.9 Å². The summed E-state index contributed by atoms with van der Waals surface area (Å²) < 4.78 is 45.1. The standard InChI is InChI=1S/C21H20FN3O2.CH4O3S/c22-19-4-2-1-3-16(19)11-12-24-13-15-5-7-17(8-6-15)27-18-9-10-20(21(23)26)25-14-18;1-5(2,3)4/h1-10,14,24H,11-13H2,(H2,23,26);1H3,(H,2,3,4). The van der Waals surface area contributed by atoms with Crippen molar-refractivity contribution in [3.05, 3.63) is 89.5 Å². The number of ether oxygens (including phenoxy) is 1. The monoisotopic (exact) mass is 461 g/mol. The number of nitrogens with two attached hydrogens (primary N) is 1. The van der Waals surface area contributed by atoms with Crippen molar-refractivity contribution in [2.45, 2.75) is 13.0 Å². The van der Waals surface area contributed by atoms with Crippen LogP contribution in [0.25, 0.3) is 0 Å². The first kappa shape index (κ1) is 24.9. The van der Waals surface area contributed by atoms with Crippen LogP contribution in [0.3, 0.4) is 0 Å². The van der Waals surface area contributed by atoms with Gasteiger partial charge in [0.25, 0.3) is 16.0 Å². The minimum Gasteiger partial charge on any atom is -0.456 e. The Kier molecular flexibility index (Phi) is 9.26. The summed E-state index contributed by atoms with van der Waals surface area (Å²) >= 11 is 0. The number of hydrogen-bond donors (Lipinski definition) is 3. The maximum Gasteiger partial charge on any atom is 0.267 e. The quantitative estimate of drug-likeness (QED) is 0.347. The summed E-state index contributed by atoms with van der Waals surface area (Å²) in [4.78, 5) is 14.9. The average molecular weight is 462 g/mol. The van der Waals surface area contributed by atoms with Crippen LogP contribution in [-0.4, -0.2) is 36.7 Å². The minimum absolute atomic E-state index is 0.167. The maximum absolute atomic E-state index is 13.6. The van der Waals surface area contributed by atoms with Crippen LogP contribution in [0.2, 0.25) is 0 Å². The molecule has 32 heavy (non-hydrogen) atoms. The van der Waals surface area contributed by atoms with Crippen molar-refractivity contribution in [2.24, 2.45) is 5.73 Å². The Bertz CT molecular complexity index is 1110. The summed E-state index contributed by atoms with van der Waals surface area (Å²) in [6.45, 7) is 1.38. The van der Waals surface area contributed by atoms with E-state index in [-0.39, 0.29) is 11.5 Å². The molecule has 0 atom stereocenters. The normalized spacial score (nSPS) is 10.7. The lowest BCUT2D eigenvalue weighted by Crippen LogP contribution is -2.17. The molecule has 0 spiro atoms. The highest BCUT2D eigenvalue weighted by Crippen LogP contribution is 2.21. The van der Waals surface area contributed by atoms with Gasteiger partial charge in [-0.3, -0.25) is 9.35 Å². The van der Waals surface area contributed by atoms with E-state index in [4.69, 9.17) is 15.0 Å². The second-order valence-corrected chi connectivity index (χ2v) is 8.21. The van der Waals surface area contributed by atoms with E-state index < -0.39 is 16.0 Å². The molecular weight excluding hydrogens is 437 g/mol. The zero-order valence-electron chi connectivity index (χ0n) is 17.4. The van der Waals surface area contributed by atoms with Gasteiger partial charge in [-0.25, -0.2) is 9.37 Å². The Morgan fingerprint density at radius 1 is 1.09 bits per heavy atom. The first-order chi connectivity index (χ1) is 15.1. The second kappa shape index (κ2) is 11.9. The Morgan fingerprint density at radius 2 is 1.72 bits per heavy atom. The Hall–Kier alpha value is -3.34. The zero-order chi connectivity index (χ0) is 23.6. The number of aromatic nitrogens is 1. The molecule has 170 valence electrons. The van der Waals surface area contributed by atoms with Crippen LogP contribution >= 0.6 is 0 Å². The average Bonchev–Trinajstić information content (AvgIpc) is 2.73. The van der Waals surface area contributed by atoms with E-state index in [0.717, 1.165) is 5.56 Å². The summed E-state index contributed by atoms with van der Waals surface area (Å²) in [5.74, 6) is 0.446. The molecule has 3 rings (SSSR count). The van der Waals surface area contributed by atoms with Crippen LogP contribution in [0.15, 0.2) is 66.9 Å². The summed E-state index contributed by atoms with van der Waals surface area (Å²) in [5, 5.41) is 3.30. The SMILES string of the molecule is CS(=O)(=O)O.NC(=O)c1ccc(Oc2ccc(CNCCc3ccccc3F)cc2)cn1. The molecule has 1 aromatic heterocycles. The van der Waals surface area contributed by atoms with Crippen molar-refractivity contribution in [2.75, 3.05) is 12.8 Å². The number of rotatable bonds is 8. The lowest BCUT2D eigenvalue weighted by molar-refractivity contribution is 0.0995. The second-order valence-electron chi connectivity index (χ2n) is 6.74. The molecule has 0 aliphatic heterocycles. The van der Waals surface area contributed by atoms with Gasteiger partial charge in [-0.2, -0.15) is 8.42 Å². The van der Waals surface area contributed by atoms with E-state index in [0.29, 0.717) is 42.8 Å². The van der Waals surface area contributed by atoms with E-state index in [1.54, 1.807) is 18.2 Å². The number of halogens is 1. The highest BCUT2D eigenvalue weighted by atomic mass is 32.2. The molecule has 0 saturated carbocycles. The Labute approximate surface area is 186 Å². The van der Waals surface area contributed by atoms with Crippen LogP contribution < -0.4 is 15.8 Å². The molecule has 1 heterocycles. The predicted octanol–water partition coefficient (Wildman–Crippen LogP) is 2.95. The van der Waals surface area contributed by atoms with Crippen molar-refractivity contribution in [3.8, 4) is 11.5 Å². The van der Waals surface area contributed by atoms with Gasteiger partial charge < -0.3 is 15.8 Å². The van der Waals surface area contributed by atoms with Crippen molar-refractivity contribution >= 4 is 16.0 Å². The number of pyridine rings is 1. The number of benzene rings is 2. The van der Waals surface area contributed by atoms with E-state index in [1.165, 1.54) is 18.3 Å². The van der Waals surface area contributed by atoms with E-state index in [9.17, 15) is 17.6 Å². The third-order valence-corrected chi connectivity index (χ3v) is 4.01. The molecule has 0 saturated heterocycles. The van der Waals surface area contributed by atoms with E-state index >= 15 is 0 Å². The van der Waals surface area contributed by atoms with Crippen LogP contribution in [-0.2, 0) is 23.1 Å². The minimum atomic E-state index is -3.67. The van der Waals surface area contributed by atoms with E-state index in [2.05, 4.69) is 10.3 Å². The summed E-state index contributed by atoms with van der Waals surface area (Å²) in [5.41, 5.74) is 7.16. The molecule has 0 aliphatic carbocycles. The smallest absolute Gasteiger partial charge is 0.267 e. The number of carbonyl (C=O) groups is 1. The number of hydrogen-bond acceptors (Lipinski definition) is 6. The maximum atomic E-state index is 13.6. The Morgan fingerprint density at radius 3 is 2.28 bits per heavy atom.